The summed E-state index contributed by atoms with van der Waals surface area (Å²) in [7, 11) is 0. The zero-order valence-electron chi connectivity index (χ0n) is 13.7. The third-order valence-corrected chi connectivity index (χ3v) is 4.39. The van der Waals surface area contributed by atoms with Gasteiger partial charge in [0.15, 0.2) is 0 Å². The Kier molecular flexibility index (Phi) is 3.73. The normalized spacial score (nSPS) is 16.3. The molecule has 1 aliphatic heterocycles. The van der Waals surface area contributed by atoms with Crippen LogP contribution in [0.15, 0.2) is 72.8 Å². The molecule has 1 atom stereocenters. The molecule has 25 heavy (non-hydrogen) atoms. The Balaban J connectivity index is 1.84. The van der Waals surface area contributed by atoms with Crippen molar-refractivity contribution in [2.75, 3.05) is 10.2 Å². The zero-order valence-corrected chi connectivity index (χ0v) is 13.7. The van der Waals surface area contributed by atoms with Crippen molar-refractivity contribution in [3.05, 3.63) is 89.7 Å². The van der Waals surface area contributed by atoms with E-state index in [1.54, 1.807) is 17.0 Å². The average molecular weight is 332 g/mol. The molecule has 4 heteroatoms. The van der Waals surface area contributed by atoms with Crippen LogP contribution in [-0.2, 0) is 4.79 Å². The summed E-state index contributed by atoms with van der Waals surface area (Å²) in [6.07, 6.45) is 0. The number of rotatable bonds is 2. The first-order chi connectivity index (χ1) is 12.1. The molecule has 0 radical (unpaired) electrons. The van der Waals surface area contributed by atoms with Crippen molar-refractivity contribution in [1.29, 1.82) is 0 Å². The lowest BCUT2D eigenvalue weighted by Crippen LogP contribution is -2.39. The van der Waals surface area contributed by atoms with E-state index in [-0.39, 0.29) is 11.7 Å². The second kappa shape index (κ2) is 6.06. The van der Waals surface area contributed by atoms with Crippen molar-refractivity contribution >= 4 is 23.0 Å². The molecule has 1 heterocycles. The number of hydrogen-bond donors (Lipinski definition) is 1. The van der Waals surface area contributed by atoms with Gasteiger partial charge in [-0.25, -0.2) is 4.39 Å². The summed E-state index contributed by atoms with van der Waals surface area (Å²) in [5.74, 6) is -0.485. The molecular formula is C21H17FN2O. The number of carbonyl (C=O) groups excluding carboxylic acids is 1. The Hall–Kier alpha value is -3.14. The number of benzene rings is 3. The molecule has 1 unspecified atom stereocenters. The Morgan fingerprint density at radius 1 is 0.960 bits per heavy atom. The molecule has 124 valence electrons. The third kappa shape index (κ3) is 2.76. The molecule has 0 aliphatic carbocycles. The van der Waals surface area contributed by atoms with Crippen LogP contribution in [0.25, 0.3) is 0 Å². The number of fused-ring (bicyclic) bond motifs is 1. The van der Waals surface area contributed by atoms with Crippen molar-refractivity contribution in [3.8, 4) is 0 Å². The molecule has 4 rings (SSSR count). The molecule has 0 spiro atoms. The van der Waals surface area contributed by atoms with E-state index in [0.29, 0.717) is 5.56 Å². The topological polar surface area (TPSA) is 32.3 Å². The maximum Gasteiger partial charge on any atom is 0.258 e. The Morgan fingerprint density at radius 2 is 1.72 bits per heavy atom. The maximum atomic E-state index is 13.7. The number of nitrogens with one attached hydrogen (secondary N) is 1. The smallest absolute Gasteiger partial charge is 0.258 e. The van der Waals surface area contributed by atoms with Gasteiger partial charge >= 0.3 is 0 Å². The largest absolute Gasteiger partial charge is 0.368 e. The zero-order chi connectivity index (χ0) is 17.4. The minimum absolute atomic E-state index is 0.131. The van der Waals surface area contributed by atoms with Crippen LogP contribution in [0.4, 0.5) is 21.5 Å². The van der Waals surface area contributed by atoms with Gasteiger partial charge in [0.25, 0.3) is 5.91 Å². The molecule has 1 N–H and O–H groups in total. The number of aryl methyl sites for hydroxylation is 1. The number of amides is 1. The highest BCUT2D eigenvalue weighted by Crippen LogP contribution is 2.40. The lowest BCUT2D eigenvalue weighted by Gasteiger charge is -2.35. The van der Waals surface area contributed by atoms with Crippen LogP contribution in [-0.4, -0.2) is 5.91 Å². The Labute approximate surface area is 145 Å². The van der Waals surface area contributed by atoms with Gasteiger partial charge < -0.3 is 5.32 Å². The minimum atomic E-state index is -0.632. The number of nitrogens with zero attached hydrogens (tertiary/aromatic N) is 1. The number of anilines is 3. The van der Waals surface area contributed by atoms with Gasteiger partial charge in [0.2, 0.25) is 0 Å². The van der Waals surface area contributed by atoms with Crippen LogP contribution in [0.3, 0.4) is 0 Å². The van der Waals surface area contributed by atoms with Gasteiger partial charge in [-0.2, -0.15) is 0 Å². The van der Waals surface area contributed by atoms with Crippen molar-refractivity contribution in [1.82, 2.24) is 0 Å². The molecule has 0 saturated carbocycles. The second-order valence-corrected chi connectivity index (χ2v) is 6.16. The maximum absolute atomic E-state index is 13.7. The third-order valence-electron chi connectivity index (χ3n) is 4.39. The standard InChI is InChI=1S/C21H17FN2O/c1-14-9-11-17(12-10-14)24-19-8-3-2-7-18(19)23-20(21(24)25)15-5-4-6-16(22)13-15/h2-13,20,23H,1H3. The highest BCUT2D eigenvalue weighted by molar-refractivity contribution is 6.10. The molecule has 3 aromatic carbocycles. The van der Waals surface area contributed by atoms with Gasteiger partial charge in [-0.05, 0) is 48.9 Å². The second-order valence-electron chi connectivity index (χ2n) is 6.16. The van der Waals surface area contributed by atoms with E-state index in [1.807, 2.05) is 55.5 Å². The number of hydrogen-bond acceptors (Lipinski definition) is 2. The monoisotopic (exact) mass is 332 g/mol. The summed E-state index contributed by atoms with van der Waals surface area (Å²) in [5.41, 5.74) is 4.17. The van der Waals surface area contributed by atoms with E-state index in [0.717, 1.165) is 22.6 Å². The molecular weight excluding hydrogens is 315 g/mol. The molecule has 0 aromatic heterocycles. The number of carbonyl (C=O) groups is 1. The van der Waals surface area contributed by atoms with E-state index in [2.05, 4.69) is 5.32 Å². The van der Waals surface area contributed by atoms with E-state index >= 15 is 0 Å². The SMILES string of the molecule is Cc1ccc(N2C(=O)C(c3cccc(F)c3)Nc3ccccc32)cc1. The van der Waals surface area contributed by atoms with Crippen molar-refractivity contribution in [2.24, 2.45) is 0 Å². The summed E-state index contributed by atoms with van der Waals surface area (Å²) < 4.78 is 13.7. The van der Waals surface area contributed by atoms with Gasteiger partial charge in [0, 0.05) is 5.69 Å². The first-order valence-electron chi connectivity index (χ1n) is 8.15. The fourth-order valence-electron chi connectivity index (χ4n) is 3.13. The van der Waals surface area contributed by atoms with Crippen LogP contribution in [0.2, 0.25) is 0 Å². The first kappa shape index (κ1) is 15.4. The Bertz CT molecular complexity index is 937. The van der Waals surface area contributed by atoms with Crippen LogP contribution < -0.4 is 10.2 Å². The molecule has 0 bridgehead atoms. The van der Waals surface area contributed by atoms with Crippen molar-refractivity contribution < 1.29 is 9.18 Å². The lowest BCUT2D eigenvalue weighted by molar-refractivity contribution is -0.118. The van der Waals surface area contributed by atoms with Crippen molar-refractivity contribution in [3.63, 3.8) is 0 Å². The average Bonchev–Trinajstić information content (AvgIpc) is 2.62. The van der Waals surface area contributed by atoms with Crippen LogP contribution in [0.5, 0.6) is 0 Å². The molecule has 3 nitrogen and oxygen atoms in total. The Morgan fingerprint density at radius 3 is 2.48 bits per heavy atom. The van der Waals surface area contributed by atoms with Crippen LogP contribution >= 0.6 is 0 Å². The summed E-state index contributed by atoms with van der Waals surface area (Å²) >= 11 is 0. The van der Waals surface area contributed by atoms with E-state index in [4.69, 9.17) is 0 Å². The molecule has 1 amide bonds. The predicted octanol–water partition coefficient (Wildman–Crippen LogP) is 4.97. The molecule has 0 fully saturated rings. The van der Waals surface area contributed by atoms with E-state index in [9.17, 15) is 9.18 Å². The fraction of sp³-hybridized carbons (Fsp3) is 0.0952. The predicted molar refractivity (Wildman–Crippen MR) is 97.5 cm³/mol. The van der Waals surface area contributed by atoms with E-state index < -0.39 is 6.04 Å². The summed E-state index contributed by atoms with van der Waals surface area (Å²) in [6, 6.07) is 21.0. The van der Waals surface area contributed by atoms with Gasteiger partial charge in [-0.3, -0.25) is 9.69 Å². The first-order valence-corrected chi connectivity index (χ1v) is 8.15. The molecule has 3 aromatic rings. The van der Waals surface area contributed by atoms with Gasteiger partial charge in [0.1, 0.15) is 11.9 Å². The quantitative estimate of drug-likeness (QED) is 0.719. The lowest BCUT2D eigenvalue weighted by atomic mass is 10.0. The van der Waals surface area contributed by atoms with Gasteiger partial charge in [-0.1, -0.05) is 42.0 Å². The molecule has 0 saturated heterocycles. The fourth-order valence-corrected chi connectivity index (χ4v) is 3.13. The van der Waals surface area contributed by atoms with Crippen LogP contribution in [0.1, 0.15) is 17.2 Å². The highest BCUT2D eigenvalue weighted by Gasteiger charge is 2.34. The van der Waals surface area contributed by atoms with Crippen LogP contribution in [0, 0.1) is 12.7 Å². The number of halogens is 1. The minimum Gasteiger partial charge on any atom is -0.368 e. The van der Waals surface area contributed by atoms with Gasteiger partial charge in [0.05, 0.1) is 11.4 Å². The van der Waals surface area contributed by atoms with Gasteiger partial charge in [-0.15, -0.1) is 0 Å². The summed E-state index contributed by atoms with van der Waals surface area (Å²) in [4.78, 5) is 14.9. The highest BCUT2D eigenvalue weighted by atomic mass is 19.1. The summed E-state index contributed by atoms with van der Waals surface area (Å²) in [6.45, 7) is 2.01. The number of para-hydroxylation sites is 2. The van der Waals surface area contributed by atoms with E-state index in [1.165, 1.54) is 12.1 Å². The molecule has 1 aliphatic rings. The van der Waals surface area contributed by atoms with Crippen molar-refractivity contribution in [2.45, 2.75) is 13.0 Å². The summed E-state index contributed by atoms with van der Waals surface area (Å²) in [5, 5.41) is 3.24.